The number of Topliss-reactive ketones (excluding diaryl/α,β-unsaturated/α-hetero) is 1. The molecular formula is C14H20ClNOS. The monoisotopic (exact) mass is 285 g/mol. The molecule has 1 aromatic rings. The van der Waals surface area contributed by atoms with Crippen LogP contribution in [-0.4, -0.2) is 30.9 Å². The quantitative estimate of drug-likeness (QED) is 0.733. The maximum Gasteiger partial charge on any atom is 0.159 e. The largest absolute Gasteiger partial charge is 0.370 e. The summed E-state index contributed by atoms with van der Waals surface area (Å²) < 4.78 is 0. The number of nitrogens with zero attached hydrogens (tertiary/aromatic N) is 1. The Labute approximate surface area is 119 Å². The van der Waals surface area contributed by atoms with Gasteiger partial charge in [-0.2, -0.15) is 11.8 Å². The van der Waals surface area contributed by atoms with Gasteiger partial charge in [0.05, 0.1) is 10.7 Å². The van der Waals surface area contributed by atoms with Crippen molar-refractivity contribution in [1.82, 2.24) is 0 Å². The summed E-state index contributed by atoms with van der Waals surface area (Å²) in [5, 5.41) is 0.643. The minimum Gasteiger partial charge on any atom is -0.370 e. The van der Waals surface area contributed by atoms with E-state index in [1.54, 1.807) is 13.0 Å². The molecule has 0 saturated carbocycles. The van der Waals surface area contributed by atoms with E-state index in [0.29, 0.717) is 16.6 Å². The Bertz CT molecular complexity index is 422. The summed E-state index contributed by atoms with van der Waals surface area (Å²) in [4.78, 5) is 13.5. The molecule has 1 rings (SSSR count). The Hall–Kier alpha value is -0.670. The number of hydrogen-bond donors (Lipinski definition) is 0. The van der Waals surface area contributed by atoms with Crippen LogP contribution in [0.25, 0.3) is 0 Å². The standard InChI is InChI=1S/C14H20ClNOS/c1-5-12(9-18-4)16(3)14-7-6-11(10(2)17)8-13(14)15/h6-8,12H,5,9H2,1-4H3. The summed E-state index contributed by atoms with van der Waals surface area (Å²) in [6.07, 6.45) is 3.18. The third kappa shape index (κ3) is 3.66. The van der Waals surface area contributed by atoms with Crippen LogP contribution in [0.15, 0.2) is 18.2 Å². The number of hydrogen-bond acceptors (Lipinski definition) is 3. The maximum atomic E-state index is 11.3. The van der Waals surface area contributed by atoms with E-state index < -0.39 is 0 Å². The zero-order valence-electron chi connectivity index (χ0n) is 11.4. The predicted octanol–water partition coefficient (Wildman–Crippen LogP) is 4.12. The van der Waals surface area contributed by atoms with Gasteiger partial charge in [-0.1, -0.05) is 18.5 Å². The lowest BCUT2D eigenvalue weighted by Crippen LogP contribution is -2.33. The second-order valence-electron chi connectivity index (χ2n) is 4.35. The molecule has 0 radical (unpaired) electrons. The fourth-order valence-corrected chi connectivity index (χ4v) is 3.06. The topological polar surface area (TPSA) is 20.3 Å². The molecule has 0 spiro atoms. The second-order valence-corrected chi connectivity index (χ2v) is 5.67. The predicted molar refractivity (Wildman–Crippen MR) is 82.3 cm³/mol. The summed E-state index contributed by atoms with van der Waals surface area (Å²) in [6.45, 7) is 3.73. The first-order valence-electron chi connectivity index (χ1n) is 6.03. The second kappa shape index (κ2) is 7.05. The van der Waals surface area contributed by atoms with Crippen molar-refractivity contribution in [3.63, 3.8) is 0 Å². The fourth-order valence-electron chi connectivity index (χ4n) is 1.90. The zero-order valence-corrected chi connectivity index (χ0v) is 12.9. The lowest BCUT2D eigenvalue weighted by Gasteiger charge is -2.29. The van der Waals surface area contributed by atoms with Crippen molar-refractivity contribution < 1.29 is 4.79 Å². The molecule has 0 heterocycles. The van der Waals surface area contributed by atoms with Gasteiger partial charge in [0.15, 0.2) is 5.78 Å². The van der Waals surface area contributed by atoms with E-state index in [1.165, 1.54) is 0 Å². The molecule has 0 aliphatic heterocycles. The van der Waals surface area contributed by atoms with Crippen LogP contribution in [0.2, 0.25) is 5.02 Å². The Balaban J connectivity index is 2.98. The number of rotatable bonds is 6. The molecule has 1 unspecified atom stereocenters. The highest BCUT2D eigenvalue weighted by molar-refractivity contribution is 7.98. The van der Waals surface area contributed by atoms with Crippen LogP contribution in [0.3, 0.4) is 0 Å². The van der Waals surface area contributed by atoms with Gasteiger partial charge in [-0.3, -0.25) is 4.79 Å². The molecule has 0 amide bonds. The average Bonchev–Trinajstić information content (AvgIpc) is 2.34. The molecule has 0 aliphatic carbocycles. The molecule has 4 heteroatoms. The Morgan fingerprint density at radius 1 is 1.50 bits per heavy atom. The highest BCUT2D eigenvalue weighted by Crippen LogP contribution is 2.28. The maximum absolute atomic E-state index is 11.3. The van der Waals surface area contributed by atoms with Crippen LogP contribution >= 0.6 is 23.4 Å². The Kier molecular flexibility index (Phi) is 6.03. The van der Waals surface area contributed by atoms with Gasteiger partial charge < -0.3 is 4.90 Å². The van der Waals surface area contributed by atoms with Crippen LogP contribution in [0.4, 0.5) is 5.69 Å². The lowest BCUT2D eigenvalue weighted by molar-refractivity contribution is 0.101. The molecule has 0 fully saturated rings. The molecule has 100 valence electrons. The number of carbonyl (C=O) groups excluding carboxylic acids is 1. The van der Waals surface area contributed by atoms with Gasteiger partial charge in [-0.25, -0.2) is 0 Å². The van der Waals surface area contributed by atoms with Crippen LogP contribution < -0.4 is 4.90 Å². The first kappa shape index (κ1) is 15.4. The van der Waals surface area contributed by atoms with E-state index >= 15 is 0 Å². The van der Waals surface area contributed by atoms with Crippen molar-refractivity contribution in [2.75, 3.05) is 24.0 Å². The fraction of sp³-hybridized carbons (Fsp3) is 0.500. The minimum absolute atomic E-state index is 0.0438. The normalized spacial score (nSPS) is 12.3. The number of ketones is 1. The van der Waals surface area contributed by atoms with Gasteiger partial charge >= 0.3 is 0 Å². The summed E-state index contributed by atoms with van der Waals surface area (Å²) in [7, 11) is 2.05. The van der Waals surface area contributed by atoms with Crippen molar-refractivity contribution in [3.05, 3.63) is 28.8 Å². The number of thioether (sulfide) groups is 1. The molecule has 0 N–H and O–H groups in total. The van der Waals surface area contributed by atoms with Crippen molar-refractivity contribution in [2.24, 2.45) is 0 Å². The molecule has 0 bridgehead atoms. The molecule has 18 heavy (non-hydrogen) atoms. The van der Waals surface area contributed by atoms with E-state index in [9.17, 15) is 4.79 Å². The minimum atomic E-state index is 0.0438. The molecule has 0 aromatic heterocycles. The number of halogens is 1. The van der Waals surface area contributed by atoms with Crippen LogP contribution in [0, 0.1) is 0 Å². The van der Waals surface area contributed by atoms with Crippen molar-refractivity contribution in [1.29, 1.82) is 0 Å². The van der Waals surface area contributed by atoms with E-state index in [0.717, 1.165) is 17.9 Å². The zero-order chi connectivity index (χ0) is 13.7. The van der Waals surface area contributed by atoms with Gasteiger partial charge in [0.25, 0.3) is 0 Å². The Morgan fingerprint density at radius 3 is 2.61 bits per heavy atom. The van der Waals surface area contributed by atoms with Gasteiger partial charge in [-0.05, 0) is 37.8 Å². The third-order valence-electron chi connectivity index (χ3n) is 3.11. The summed E-state index contributed by atoms with van der Waals surface area (Å²) in [5.74, 6) is 1.11. The lowest BCUT2D eigenvalue weighted by atomic mass is 10.1. The van der Waals surface area contributed by atoms with Crippen molar-refractivity contribution >= 4 is 34.8 Å². The molecule has 2 nitrogen and oxygen atoms in total. The van der Waals surface area contributed by atoms with Crippen LogP contribution in [0.5, 0.6) is 0 Å². The summed E-state index contributed by atoms with van der Waals surface area (Å²) >= 11 is 8.10. The molecule has 1 atom stereocenters. The number of benzene rings is 1. The van der Waals surface area contributed by atoms with E-state index in [4.69, 9.17) is 11.6 Å². The average molecular weight is 286 g/mol. The molecule has 1 aromatic carbocycles. The van der Waals surface area contributed by atoms with Crippen LogP contribution in [-0.2, 0) is 0 Å². The number of carbonyl (C=O) groups is 1. The first-order valence-corrected chi connectivity index (χ1v) is 7.80. The summed E-state index contributed by atoms with van der Waals surface area (Å²) in [6, 6.07) is 5.98. The number of anilines is 1. The van der Waals surface area contributed by atoms with E-state index in [1.807, 2.05) is 23.9 Å². The van der Waals surface area contributed by atoms with Gasteiger partial charge in [0, 0.05) is 24.4 Å². The first-order chi connectivity index (χ1) is 8.51. The molecule has 0 saturated heterocycles. The van der Waals surface area contributed by atoms with Crippen molar-refractivity contribution in [2.45, 2.75) is 26.3 Å². The SMILES string of the molecule is CCC(CSC)N(C)c1ccc(C(C)=O)cc1Cl. The van der Waals surface area contributed by atoms with Gasteiger partial charge in [-0.15, -0.1) is 0 Å². The summed E-state index contributed by atoms with van der Waals surface area (Å²) in [5.41, 5.74) is 1.65. The van der Waals surface area contributed by atoms with Crippen LogP contribution in [0.1, 0.15) is 30.6 Å². The Morgan fingerprint density at radius 2 is 2.17 bits per heavy atom. The van der Waals surface area contributed by atoms with Crippen molar-refractivity contribution in [3.8, 4) is 0 Å². The van der Waals surface area contributed by atoms with E-state index in [-0.39, 0.29) is 5.78 Å². The smallest absolute Gasteiger partial charge is 0.159 e. The molecule has 0 aliphatic rings. The highest BCUT2D eigenvalue weighted by Gasteiger charge is 2.16. The van der Waals surface area contributed by atoms with E-state index in [2.05, 4.69) is 25.1 Å². The van der Waals surface area contributed by atoms with Gasteiger partial charge in [0.1, 0.15) is 0 Å². The third-order valence-corrected chi connectivity index (χ3v) is 4.13. The molecular weight excluding hydrogens is 266 g/mol. The van der Waals surface area contributed by atoms with Gasteiger partial charge in [0.2, 0.25) is 0 Å². The highest BCUT2D eigenvalue weighted by atomic mass is 35.5.